The highest BCUT2D eigenvalue weighted by molar-refractivity contribution is 5.72. The Morgan fingerprint density at radius 2 is 2.04 bits per heavy atom. The van der Waals surface area contributed by atoms with Crippen LogP contribution in [-0.2, 0) is 0 Å². The molecule has 7 nitrogen and oxygen atoms in total. The number of nitrogens with zero attached hydrogens (tertiary/aromatic N) is 3. The third-order valence-electron chi connectivity index (χ3n) is 4.61. The number of hydrogen-bond donors (Lipinski definition) is 3. The first-order valence-electron chi connectivity index (χ1n) is 9.09. The minimum absolute atomic E-state index is 0.426. The van der Waals surface area contributed by atoms with E-state index in [1.165, 1.54) is 0 Å². The van der Waals surface area contributed by atoms with Gasteiger partial charge >= 0.3 is 0 Å². The molecule has 0 radical (unpaired) electrons. The molecule has 0 unspecified atom stereocenters. The second-order valence-corrected chi connectivity index (χ2v) is 6.51. The van der Waals surface area contributed by atoms with Gasteiger partial charge in [0.05, 0.1) is 24.2 Å². The van der Waals surface area contributed by atoms with Crippen molar-refractivity contribution < 1.29 is 4.74 Å². The van der Waals surface area contributed by atoms with Crippen molar-refractivity contribution in [2.75, 3.05) is 30.7 Å². The van der Waals surface area contributed by atoms with E-state index in [9.17, 15) is 0 Å². The summed E-state index contributed by atoms with van der Waals surface area (Å²) in [6.45, 7) is 4.69. The molecule has 1 aromatic carbocycles. The van der Waals surface area contributed by atoms with Gasteiger partial charge in [-0.15, -0.1) is 5.10 Å². The number of fused-ring (bicyclic) bond motifs is 1. The van der Waals surface area contributed by atoms with Crippen LogP contribution in [-0.4, -0.2) is 40.3 Å². The van der Waals surface area contributed by atoms with Gasteiger partial charge in [-0.25, -0.2) is 9.50 Å². The van der Waals surface area contributed by atoms with Crippen LogP contribution in [0.25, 0.3) is 16.9 Å². The molecule has 0 aliphatic carbocycles. The predicted molar refractivity (Wildman–Crippen MR) is 104 cm³/mol. The highest BCUT2D eigenvalue weighted by Gasteiger charge is 2.15. The molecule has 1 fully saturated rings. The van der Waals surface area contributed by atoms with Gasteiger partial charge < -0.3 is 21.1 Å². The molecular weight excluding hydrogens is 328 g/mol. The number of imidazole rings is 1. The third-order valence-corrected chi connectivity index (χ3v) is 4.61. The first-order chi connectivity index (χ1) is 12.7. The quantitative estimate of drug-likeness (QED) is 0.654. The van der Waals surface area contributed by atoms with Crippen molar-refractivity contribution in [3.8, 4) is 17.0 Å². The number of rotatable bonds is 5. The van der Waals surface area contributed by atoms with Crippen LogP contribution in [0.4, 0.5) is 11.5 Å². The van der Waals surface area contributed by atoms with Gasteiger partial charge in [0.2, 0.25) is 0 Å². The highest BCUT2D eigenvalue weighted by atomic mass is 16.5. The first kappa shape index (κ1) is 16.7. The number of hydrogen-bond acceptors (Lipinski definition) is 6. The molecule has 3 aromatic rings. The number of anilines is 2. The summed E-state index contributed by atoms with van der Waals surface area (Å²) in [5.74, 6) is 1.64. The lowest BCUT2D eigenvalue weighted by Gasteiger charge is -2.24. The average Bonchev–Trinajstić information content (AvgIpc) is 3.08. The zero-order valence-corrected chi connectivity index (χ0v) is 14.9. The summed E-state index contributed by atoms with van der Waals surface area (Å²) in [6, 6.07) is 10.2. The predicted octanol–water partition coefficient (Wildman–Crippen LogP) is 2.54. The zero-order valence-electron chi connectivity index (χ0n) is 14.9. The monoisotopic (exact) mass is 352 g/mol. The van der Waals surface area contributed by atoms with Crippen molar-refractivity contribution in [3.05, 3.63) is 36.5 Å². The molecule has 0 saturated carbocycles. The van der Waals surface area contributed by atoms with Gasteiger partial charge in [-0.05, 0) is 57.1 Å². The van der Waals surface area contributed by atoms with Crippen molar-refractivity contribution in [2.45, 2.75) is 25.8 Å². The van der Waals surface area contributed by atoms with E-state index in [1.807, 2.05) is 43.5 Å². The van der Waals surface area contributed by atoms with Crippen LogP contribution in [0.15, 0.2) is 36.5 Å². The van der Waals surface area contributed by atoms with Gasteiger partial charge in [0.1, 0.15) is 11.6 Å². The maximum absolute atomic E-state index is 6.22. The van der Waals surface area contributed by atoms with Gasteiger partial charge in [0.25, 0.3) is 0 Å². The van der Waals surface area contributed by atoms with Gasteiger partial charge in [0.15, 0.2) is 5.65 Å². The molecule has 26 heavy (non-hydrogen) atoms. The molecule has 4 N–H and O–H groups in total. The number of aromatic nitrogens is 3. The Morgan fingerprint density at radius 3 is 2.77 bits per heavy atom. The van der Waals surface area contributed by atoms with Gasteiger partial charge in [0, 0.05) is 17.7 Å². The van der Waals surface area contributed by atoms with E-state index in [4.69, 9.17) is 10.5 Å². The minimum atomic E-state index is 0.426. The molecule has 0 amide bonds. The molecule has 3 heterocycles. The highest BCUT2D eigenvalue weighted by Crippen LogP contribution is 2.25. The Balaban J connectivity index is 1.60. The molecule has 136 valence electrons. The Bertz CT molecular complexity index is 883. The van der Waals surface area contributed by atoms with E-state index >= 15 is 0 Å². The van der Waals surface area contributed by atoms with E-state index in [2.05, 4.69) is 20.7 Å². The molecule has 2 aromatic heterocycles. The fraction of sp³-hybridized carbons (Fsp3) is 0.368. The van der Waals surface area contributed by atoms with E-state index < -0.39 is 0 Å². The summed E-state index contributed by atoms with van der Waals surface area (Å²) in [7, 11) is 0. The third kappa shape index (κ3) is 3.43. The number of nitrogens with two attached hydrogens (primary N) is 1. The van der Waals surface area contributed by atoms with Crippen LogP contribution in [0.5, 0.6) is 5.75 Å². The molecule has 1 saturated heterocycles. The van der Waals surface area contributed by atoms with E-state index in [-0.39, 0.29) is 0 Å². The Labute approximate surface area is 152 Å². The molecule has 7 heteroatoms. The number of nitrogens with one attached hydrogen (secondary N) is 2. The zero-order chi connectivity index (χ0) is 17.9. The van der Waals surface area contributed by atoms with Gasteiger partial charge in [-0.2, -0.15) is 0 Å². The molecular formula is C19H24N6O. The van der Waals surface area contributed by atoms with Crippen molar-refractivity contribution >= 4 is 17.2 Å². The minimum Gasteiger partial charge on any atom is -0.494 e. The molecule has 0 spiro atoms. The molecule has 0 bridgehead atoms. The van der Waals surface area contributed by atoms with E-state index in [0.717, 1.165) is 48.8 Å². The lowest BCUT2D eigenvalue weighted by Crippen LogP contribution is -2.35. The first-order valence-corrected chi connectivity index (χ1v) is 9.09. The lowest BCUT2D eigenvalue weighted by molar-refractivity contribution is 0.340. The second kappa shape index (κ2) is 7.21. The maximum Gasteiger partial charge on any atom is 0.177 e. The SMILES string of the molecule is CCOc1ccc(-c2cn3nc(NC4CCNCC4)cc(N)c3n2)cc1. The molecule has 1 aliphatic rings. The van der Waals surface area contributed by atoms with Crippen LogP contribution < -0.4 is 21.1 Å². The number of nitrogen functional groups attached to an aromatic ring is 1. The van der Waals surface area contributed by atoms with Crippen molar-refractivity contribution in [2.24, 2.45) is 0 Å². The van der Waals surface area contributed by atoms with Gasteiger partial charge in [-0.3, -0.25) is 0 Å². The number of piperidine rings is 1. The van der Waals surface area contributed by atoms with Gasteiger partial charge in [-0.1, -0.05) is 0 Å². The standard InChI is InChI=1S/C19H24N6O/c1-2-26-15-5-3-13(4-6-15)17-12-25-19(23-17)16(20)11-18(24-25)22-14-7-9-21-10-8-14/h3-6,11-12,14,21H,2,7-10,20H2,1H3,(H,22,24). The van der Waals surface area contributed by atoms with E-state index in [1.54, 1.807) is 4.52 Å². The summed E-state index contributed by atoms with van der Waals surface area (Å²) < 4.78 is 7.25. The second-order valence-electron chi connectivity index (χ2n) is 6.51. The average molecular weight is 352 g/mol. The molecule has 4 rings (SSSR count). The van der Waals surface area contributed by atoms with Crippen molar-refractivity contribution in [1.29, 1.82) is 0 Å². The number of ether oxygens (including phenoxy) is 1. The van der Waals surface area contributed by atoms with Crippen molar-refractivity contribution in [3.63, 3.8) is 0 Å². The van der Waals surface area contributed by atoms with Crippen LogP contribution in [0.1, 0.15) is 19.8 Å². The fourth-order valence-corrected chi connectivity index (χ4v) is 3.27. The van der Waals surface area contributed by atoms with E-state index in [0.29, 0.717) is 24.0 Å². The fourth-order valence-electron chi connectivity index (χ4n) is 3.27. The number of benzene rings is 1. The summed E-state index contributed by atoms with van der Waals surface area (Å²) in [5.41, 5.74) is 9.36. The molecule has 0 atom stereocenters. The summed E-state index contributed by atoms with van der Waals surface area (Å²) >= 11 is 0. The summed E-state index contributed by atoms with van der Waals surface area (Å²) in [5, 5.41) is 11.5. The Hall–Kier alpha value is -2.80. The molecule has 1 aliphatic heterocycles. The topological polar surface area (TPSA) is 89.5 Å². The van der Waals surface area contributed by atoms with Crippen LogP contribution >= 0.6 is 0 Å². The Kier molecular flexibility index (Phi) is 4.62. The van der Waals surface area contributed by atoms with Crippen LogP contribution in [0.3, 0.4) is 0 Å². The lowest BCUT2D eigenvalue weighted by atomic mass is 10.1. The van der Waals surface area contributed by atoms with Crippen LogP contribution in [0.2, 0.25) is 0 Å². The smallest absolute Gasteiger partial charge is 0.177 e. The summed E-state index contributed by atoms with van der Waals surface area (Å²) in [4.78, 5) is 4.64. The van der Waals surface area contributed by atoms with Crippen molar-refractivity contribution in [1.82, 2.24) is 19.9 Å². The largest absolute Gasteiger partial charge is 0.494 e. The Morgan fingerprint density at radius 1 is 1.27 bits per heavy atom. The normalized spacial score (nSPS) is 15.3. The van der Waals surface area contributed by atoms with Crippen LogP contribution in [0, 0.1) is 0 Å². The summed E-state index contributed by atoms with van der Waals surface area (Å²) in [6.07, 6.45) is 4.08. The maximum atomic E-state index is 6.22.